The molecule has 100 valence electrons. The molecular weight excluding hydrogens is 352 g/mol. The monoisotopic (exact) mass is 360 g/mol. The summed E-state index contributed by atoms with van der Waals surface area (Å²) < 4.78 is 0.931. The van der Waals surface area contributed by atoms with Crippen molar-refractivity contribution >= 4 is 50.5 Å². The Kier molecular flexibility index (Phi) is 4.33. The number of hydrogen-bond donors (Lipinski definition) is 2. The first-order valence-electron chi connectivity index (χ1n) is 5.19. The molecule has 0 aliphatic rings. The first-order valence-corrected chi connectivity index (χ1v) is 7.68. The number of carboxylic acid groups (broad SMARTS) is 1. The van der Waals surface area contributed by atoms with Crippen molar-refractivity contribution in [3.63, 3.8) is 0 Å². The van der Waals surface area contributed by atoms with Crippen LogP contribution in [0, 0.1) is 6.92 Å². The van der Waals surface area contributed by atoms with Gasteiger partial charge in [-0.2, -0.15) is 0 Å². The lowest BCUT2D eigenvalue weighted by Gasteiger charge is -1.99. The van der Waals surface area contributed by atoms with Gasteiger partial charge < -0.3 is 10.4 Å². The molecule has 8 heteroatoms. The van der Waals surface area contributed by atoms with Crippen LogP contribution in [0.2, 0.25) is 0 Å². The van der Waals surface area contributed by atoms with E-state index < -0.39 is 5.97 Å². The molecule has 0 radical (unpaired) electrons. The van der Waals surface area contributed by atoms with Gasteiger partial charge in [0.15, 0.2) is 5.69 Å². The molecule has 0 bridgehead atoms. The van der Waals surface area contributed by atoms with Crippen LogP contribution in [0.4, 0.5) is 0 Å². The number of hydrogen-bond acceptors (Lipinski definition) is 5. The molecule has 0 saturated heterocycles. The third kappa shape index (κ3) is 3.40. The molecule has 0 aliphatic carbocycles. The fraction of sp³-hybridized carbons (Fsp3) is 0.182. The summed E-state index contributed by atoms with van der Waals surface area (Å²) in [4.78, 5) is 27.0. The van der Waals surface area contributed by atoms with Gasteiger partial charge in [-0.1, -0.05) is 0 Å². The minimum Gasteiger partial charge on any atom is -0.476 e. The van der Waals surface area contributed by atoms with E-state index in [0.717, 1.165) is 9.35 Å². The zero-order valence-electron chi connectivity index (χ0n) is 9.77. The second-order valence-corrected chi connectivity index (χ2v) is 6.99. The molecule has 2 N–H and O–H groups in total. The highest BCUT2D eigenvalue weighted by atomic mass is 79.9. The van der Waals surface area contributed by atoms with Crippen molar-refractivity contribution in [3.05, 3.63) is 36.4 Å². The highest BCUT2D eigenvalue weighted by Gasteiger charge is 2.13. The Morgan fingerprint density at radius 3 is 2.79 bits per heavy atom. The number of carboxylic acids is 1. The van der Waals surface area contributed by atoms with Gasteiger partial charge in [0.2, 0.25) is 0 Å². The SMILES string of the molecule is Cc1cc(C(=O)NCc2nc(C(=O)O)cs2)sc1Br. The lowest BCUT2D eigenvalue weighted by atomic mass is 10.3. The number of thiazole rings is 1. The average Bonchev–Trinajstić information content (AvgIpc) is 2.94. The molecule has 0 atom stereocenters. The second-order valence-electron chi connectivity index (χ2n) is 3.68. The van der Waals surface area contributed by atoms with E-state index >= 15 is 0 Å². The van der Waals surface area contributed by atoms with E-state index in [1.54, 1.807) is 6.07 Å². The quantitative estimate of drug-likeness (QED) is 0.878. The van der Waals surface area contributed by atoms with Crippen LogP contribution in [0.15, 0.2) is 15.2 Å². The van der Waals surface area contributed by atoms with E-state index in [1.807, 2.05) is 6.92 Å². The first kappa shape index (κ1) is 14.2. The van der Waals surface area contributed by atoms with Gasteiger partial charge >= 0.3 is 5.97 Å². The zero-order valence-corrected chi connectivity index (χ0v) is 13.0. The van der Waals surface area contributed by atoms with Gasteiger partial charge in [0.1, 0.15) is 5.01 Å². The molecular formula is C11H9BrN2O3S2. The molecule has 0 unspecified atom stereocenters. The maximum Gasteiger partial charge on any atom is 0.355 e. The molecule has 19 heavy (non-hydrogen) atoms. The normalized spacial score (nSPS) is 10.4. The highest BCUT2D eigenvalue weighted by Crippen LogP contribution is 2.27. The number of halogens is 1. The fourth-order valence-electron chi connectivity index (χ4n) is 1.31. The minimum atomic E-state index is -1.06. The summed E-state index contributed by atoms with van der Waals surface area (Å²) in [5, 5.41) is 13.5. The number of rotatable bonds is 4. The van der Waals surface area contributed by atoms with E-state index in [2.05, 4.69) is 26.2 Å². The Morgan fingerprint density at radius 1 is 1.53 bits per heavy atom. The van der Waals surface area contributed by atoms with Crippen LogP contribution < -0.4 is 5.32 Å². The molecule has 2 aromatic rings. The van der Waals surface area contributed by atoms with Gasteiger partial charge in [-0.05, 0) is 34.5 Å². The summed E-state index contributed by atoms with van der Waals surface area (Å²) in [7, 11) is 0. The Balaban J connectivity index is 1.98. The van der Waals surface area contributed by atoms with Crippen LogP contribution >= 0.6 is 38.6 Å². The number of aromatic nitrogens is 1. The van der Waals surface area contributed by atoms with Gasteiger partial charge in [0.25, 0.3) is 5.91 Å². The summed E-state index contributed by atoms with van der Waals surface area (Å²) in [6.07, 6.45) is 0. The molecule has 1 amide bonds. The van der Waals surface area contributed by atoms with Crippen molar-refractivity contribution in [1.82, 2.24) is 10.3 Å². The van der Waals surface area contributed by atoms with Crippen LogP contribution in [0.25, 0.3) is 0 Å². The van der Waals surface area contributed by atoms with E-state index in [9.17, 15) is 9.59 Å². The van der Waals surface area contributed by atoms with Gasteiger partial charge in [-0.25, -0.2) is 9.78 Å². The highest BCUT2D eigenvalue weighted by molar-refractivity contribution is 9.11. The lowest BCUT2D eigenvalue weighted by molar-refractivity contribution is 0.0691. The molecule has 2 rings (SSSR count). The van der Waals surface area contributed by atoms with Crippen molar-refractivity contribution in [2.45, 2.75) is 13.5 Å². The van der Waals surface area contributed by atoms with Gasteiger partial charge in [-0.3, -0.25) is 4.79 Å². The number of carbonyl (C=O) groups excluding carboxylic acids is 1. The Bertz CT molecular complexity index is 616. The molecule has 0 fully saturated rings. The second kappa shape index (κ2) is 5.81. The number of thiophene rings is 1. The lowest BCUT2D eigenvalue weighted by Crippen LogP contribution is -2.21. The number of amides is 1. The Hall–Kier alpha value is -1.25. The van der Waals surface area contributed by atoms with Gasteiger partial charge in [0.05, 0.1) is 15.2 Å². The maximum absolute atomic E-state index is 11.9. The molecule has 0 aromatic carbocycles. The van der Waals surface area contributed by atoms with Crippen LogP contribution in [0.5, 0.6) is 0 Å². The van der Waals surface area contributed by atoms with Crippen molar-refractivity contribution in [1.29, 1.82) is 0 Å². The zero-order chi connectivity index (χ0) is 14.0. The third-order valence-corrected chi connectivity index (χ3v) is 5.24. The van der Waals surface area contributed by atoms with E-state index in [1.165, 1.54) is 28.1 Å². The summed E-state index contributed by atoms with van der Waals surface area (Å²) in [5.74, 6) is -1.25. The third-order valence-electron chi connectivity index (χ3n) is 2.25. The molecule has 0 spiro atoms. The summed E-state index contributed by atoms with van der Waals surface area (Å²) in [5.41, 5.74) is 1.02. The van der Waals surface area contributed by atoms with Crippen molar-refractivity contribution in [2.24, 2.45) is 0 Å². The molecule has 5 nitrogen and oxygen atoms in total. The predicted octanol–water partition coefficient (Wildman–Crippen LogP) is 2.90. The number of aryl methyl sites for hydroxylation is 1. The number of nitrogens with one attached hydrogen (secondary N) is 1. The largest absolute Gasteiger partial charge is 0.476 e. The van der Waals surface area contributed by atoms with E-state index in [0.29, 0.717) is 9.88 Å². The Morgan fingerprint density at radius 2 is 2.26 bits per heavy atom. The number of nitrogens with zero attached hydrogens (tertiary/aromatic N) is 1. The van der Waals surface area contributed by atoms with Crippen LogP contribution in [-0.2, 0) is 6.54 Å². The maximum atomic E-state index is 11.9. The Labute approximate surface area is 125 Å². The minimum absolute atomic E-state index is 0.00367. The number of aromatic carboxylic acids is 1. The standard InChI is InChI=1S/C11H9BrN2O3S2/c1-5-2-7(19-9(5)12)10(15)13-3-8-14-6(4-18-8)11(16)17/h2,4H,3H2,1H3,(H,13,15)(H,16,17). The molecule has 0 saturated carbocycles. The van der Waals surface area contributed by atoms with E-state index in [4.69, 9.17) is 5.11 Å². The topological polar surface area (TPSA) is 79.3 Å². The van der Waals surface area contributed by atoms with Crippen molar-refractivity contribution in [2.75, 3.05) is 0 Å². The summed E-state index contributed by atoms with van der Waals surface area (Å²) in [6, 6.07) is 1.80. The van der Waals surface area contributed by atoms with E-state index in [-0.39, 0.29) is 18.1 Å². The van der Waals surface area contributed by atoms with Gasteiger partial charge in [0, 0.05) is 5.38 Å². The summed E-state index contributed by atoms with van der Waals surface area (Å²) >= 11 is 5.93. The predicted molar refractivity (Wildman–Crippen MR) is 77.0 cm³/mol. The first-order chi connectivity index (χ1) is 8.97. The van der Waals surface area contributed by atoms with Crippen molar-refractivity contribution in [3.8, 4) is 0 Å². The molecule has 2 heterocycles. The van der Waals surface area contributed by atoms with Crippen LogP contribution in [0.3, 0.4) is 0 Å². The van der Waals surface area contributed by atoms with Crippen molar-refractivity contribution < 1.29 is 14.7 Å². The average molecular weight is 361 g/mol. The molecule has 0 aliphatic heterocycles. The smallest absolute Gasteiger partial charge is 0.355 e. The van der Waals surface area contributed by atoms with Gasteiger partial charge in [-0.15, -0.1) is 22.7 Å². The molecule has 2 aromatic heterocycles. The van der Waals surface area contributed by atoms with Crippen LogP contribution in [-0.4, -0.2) is 22.0 Å². The number of carbonyl (C=O) groups is 2. The van der Waals surface area contributed by atoms with Crippen LogP contribution in [0.1, 0.15) is 30.7 Å². The summed E-state index contributed by atoms with van der Waals surface area (Å²) in [6.45, 7) is 2.14. The fourth-order valence-corrected chi connectivity index (χ4v) is 3.46.